The van der Waals surface area contributed by atoms with Gasteiger partial charge in [-0.25, -0.2) is 0 Å². The summed E-state index contributed by atoms with van der Waals surface area (Å²) in [5.74, 6) is -0.734. The first-order valence-electron chi connectivity index (χ1n) is 6.57. The fraction of sp³-hybridized carbons (Fsp3) is 0.467. The van der Waals surface area contributed by atoms with Crippen LogP contribution in [-0.2, 0) is 15.0 Å². The Hall–Kier alpha value is -1.84. The standard InChI is InChI=1S/C15H19NO3/c1-11-3-2-4-12(9-11)15(8-6-14(18)19)7-5-13(17)16-10-15/h2-4,9H,5-8,10H2,1H3,(H,16,17)(H,18,19). The average molecular weight is 261 g/mol. The highest BCUT2D eigenvalue weighted by Gasteiger charge is 2.36. The van der Waals surface area contributed by atoms with E-state index >= 15 is 0 Å². The van der Waals surface area contributed by atoms with Crippen molar-refractivity contribution in [1.29, 1.82) is 0 Å². The normalized spacial score (nSPS) is 22.9. The maximum absolute atomic E-state index is 11.4. The van der Waals surface area contributed by atoms with Gasteiger partial charge in [-0.3, -0.25) is 9.59 Å². The minimum Gasteiger partial charge on any atom is -0.481 e. The Kier molecular flexibility index (Phi) is 3.88. The molecule has 0 radical (unpaired) electrons. The number of carboxylic acids is 1. The molecule has 1 fully saturated rings. The van der Waals surface area contributed by atoms with Crippen molar-refractivity contribution in [3.8, 4) is 0 Å². The maximum atomic E-state index is 11.4. The second-order valence-electron chi connectivity index (χ2n) is 5.32. The van der Waals surface area contributed by atoms with E-state index in [2.05, 4.69) is 11.4 Å². The minimum atomic E-state index is -0.788. The van der Waals surface area contributed by atoms with E-state index in [-0.39, 0.29) is 17.7 Å². The molecule has 19 heavy (non-hydrogen) atoms. The van der Waals surface area contributed by atoms with E-state index in [4.69, 9.17) is 5.11 Å². The highest BCUT2D eigenvalue weighted by atomic mass is 16.4. The quantitative estimate of drug-likeness (QED) is 0.871. The van der Waals surface area contributed by atoms with Crippen LogP contribution >= 0.6 is 0 Å². The number of benzene rings is 1. The molecule has 1 aliphatic heterocycles. The van der Waals surface area contributed by atoms with Crippen LogP contribution in [0.25, 0.3) is 0 Å². The van der Waals surface area contributed by atoms with Crippen molar-refractivity contribution in [2.45, 2.75) is 38.0 Å². The van der Waals surface area contributed by atoms with Crippen molar-refractivity contribution in [3.05, 3.63) is 35.4 Å². The van der Waals surface area contributed by atoms with Gasteiger partial charge in [-0.15, -0.1) is 0 Å². The zero-order valence-corrected chi connectivity index (χ0v) is 11.1. The second kappa shape index (κ2) is 5.43. The minimum absolute atomic E-state index is 0.0543. The lowest BCUT2D eigenvalue weighted by Gasteiger charge is -2.38. The molecule has 1 atom stereocenters. The Balaban J connectivity index is 2.28. The number of hydrogen-bond acceptors (Lipinski definition) is 2. The number of carbonyl (C=O) groups is 2. The summed E-state index contributed by atoms with van der Waals surface area (Å²) in [5.41, 5.74) is 2.05. The van der Waals surface area contributed by atoms with E-state index in [1.807, 2.05) is 25.1 Å². The highest BCUT2D eigenvalue weighted by Crippen LogP contribution is 2.36. The molecular formula is C15H19NO3. The molecule has 2 N–H and O–H groups in total. The molecule has 0 spiro atoms. The van der Waals surface area contributed by atoms with E-state index < -0.39 is 5.97 Å². The number of piperidine rings is 1. The molecule has 4 nitrogen and oxygen atoms in total. The van der Waals surface area contributed by atoms with Crippen molar-refractivity contribution in [1.82, 2.24) is 5.32 Å². The van der Waals surface area contributed by atoms with Crippen molar-refractivity contribution < 1.29 is 14.7 Å². The Morgan fingerprint density at radius 1 is 1.47 bits per heavy atom. The molecule has 0 saturated carbocycles. The van der Waals surface area contributed by atoms with Gasteiger partial charge in [-0.05, 0) is 25.3 Å². The summed E-state index contributed by atoms with van der Waals surface area (Å²) in [7, 11) is 0. The molecule has 1 heterocycles. The van der Waals surface area contributed by atoms with Crippen LogP contribution in [0.2, 0.25) is 0 Å². The Labute approximate surface area is 112 Å². The van der Waals surface area contributed by atoms with Gasteiger partial charge in [0.2, 0.25) is 5.91 Å². The topological polar surface area (TPSA) is 66.4 Å². The number of hydrogen-bond donors (Lipinski definition) is 2. The molecule has 0 aromatic heterocycles. The average Bonchev–Trinajstić information content (AvgIpc) is 2.38. The zero-order valence-electron chi connectivity index (χ0n) is 11.1. The number of carbonyl (C=O) groups excluding carboxylic acids is 1. The first-order valence-corrected chi connectivity index (χ1v) is 6.57. The molecule has 1 unspecified atom stereocenters. The lowest BCUT2D eigenvalue weighted by atomic mass is 9.71. The van der Waals surface area contributed by atoms with Crippen LogP contribution in [0.5, 0.6) is 0 Å². The fourth-order valence-corrected chi connectivity index (χ4v) is 2.72. The predicted octanol–water partition coefficient (Wildman–Crippen LogP) is 2.01. The molecule has 1 aliphatic rings. The number of nitrogens with one attached hydrogen (secondary N) is 1. The first kappa shape index (κ1) is 13.6. The monoisotopic (exact) mass is 261 g/mol. The van der Waals surface area contributed by atoms with Crippen LogP contribution < -0.4 is 5.32 Å². The SMILES string of the molecule is Cc1cccc(C2(CCC(=O)O)CCC(=O)NC2)c1. The molecule has 1 aromatic rings. The smallest absolute Gasteiger partial charge is 0.303 e. The van der Waals surface area contributed by atoms with Crippen LogP contribution in [0.15, 0.2) is 24.3 Å². The third kappa shape index (κ3) is 3.13. The van der Waals surface area contributed by atoms with Gasteiger partial charge in [-0.2, -0.15) is 0 Å². The highest BCUT2D eigenvalue weighted by molar-refractivity contribution is 5.77. The van der Waals surface area contributed by atoms with E-state index in [1.54, 1.807) is 0 Å². The predicted molar refractivity (Wildman–Crippen MR) is 72.0 cm³/mol. The fourth-order valence-electron chi connectivity index (χ4n) is 2.72. The van der Waals surface area contributed by atoms with Gasteiger partial charge in [-0.1, -0.05) is 29.8 Å². The maximum Gasteiger partial charge on any atom is 0.303 e. The number of carboxylic acid groups (broad SMARTS) is 1. The van der Waals surface area contributed by atoms with Gasteiger partial charge >= 0.3 is 5.97 Å². The number of rotatable bonds is 4. The van der Waals surface area contributed by atoms with Crippen molar-refractivity contribution >= 4 is 11.9 Å². The summed E-state index contributed by atoms with van der Waals surface area (Å²) in [6, 6.07) is 8.14. The third-order valence-corrected chi connectivity index (χ3v) is 3.90. The lowest BCUT2D eigenvalue weighted by Crippen LogP contribution is -2.46. The van der Waals surface area contributed by atoms with Gasteiger partial charge in [0.15, 0.2) is 0 Å². The van der Waals surface area contributed by atoms with Gasteiger partial charge in [0.05, 0.1) is 0 Å². The second-order valence-corrected chi connectivity index (χ2v) is 5.32. The van der Waals surface area contributed by atoms with Crippen molar-refractivity contribution in [3.63, 3.8) is 0 Å². The molecule has 1 aromatic carbocycles. The summed E-state index contributed by atoms with van der Waals surface area (Å²) in [4.78, 5) is 22.2. The number of aliphatic carboxylic acids is 1. The van der Waals surface area contributed by atoms with Crippen LogP contribution in [0.3, 0.4) is 0 Å². The van der Waals surface area contributed by atoms with E-state index in [0.717, 1.165) is 17.5 Å². The van der Waals surface area contributed by atoms with Crippen LogP contribution in [-0.4, -0.2) is 23.5 Å². The number of amides is 1. The molecule has 2 rings (SSSR count). The lowest BCUT2D eigenvalue weighted by molar-refractivity contribution is -0.137. The van der Waals surface area contributed by atoms with Gasteiger partial charge in [0.25, 0.3) is 0 Å². The van der Waals surface area contributed by atoms with Crippen LogP contribution in [0, 0.1) is 6.92 Å². The zero-order chi connectivity index (χ0) is 13.9. The van der Waals surface area contributed by atoms with Crippen LogP contribution in [0.4, 0.5) is 0 Å². The summed E-state index contributed by atoms with van der Waals surface area (Å²) in [6.45, 7) is 2.55. The van der Waals surface area contributed by atoms with Gasteiger partial charge in [0.1, 0.15) is 0 Å². The van der Waals surface area contributed by atoms with Gasteiger partial charge in [0, 0.05) is 24.8 Å². The van der Waals surface area contributed by atoms with Gasteiger partial charge < -0.3 is 10.4 Å². The summed E-state index contributed by atoms with van der Waals surface area (Å²) in [6.07, 6.45) is 1.87. The molecule has 102 valence electrons. The summed E-state index contributed by atoms with van der Waals surface area (Å²) < 4.78 is 0. The molecular weight excluding hydrogens is 242 g/mol. The van der Waals surface area contributed by atoms with E-state index in [0.29, 0.717) is 19.4 Å². The number of aryl methyl sites for hydroxylation is 1. The largest absolute Gasteiger partial charge is 0.481 e. The van der Waals surface area contributed by atoms with E-state index in [9.17, 15) is 9.59 Å². The van der Waals surface area contributed by atoms with Crippen molar-refractivity contribution in [2.75, 3.05) is 6.54 Å². The molecule has 0 bridgehead atoms. The Bertz CT molecular complexity index is 486. The summed E-state index contributed by atoms with van der Waals surface area (Å²) in [5, 5.41) is 11.8. The molecule has 0 aliphatic carbocycles. The Morgan fingerprint density at radius 3 is 2.84 bits per heavy atom. The molecule has 1 saturated heterocycles. The molecule has 4 heteroatoms. The van der Waals surface area contributed by atoms with E-state index in [1.165, 1.54) is 0 Å². The first-order chi connectivity index (χ1) is 9.02. The third-order valence-electron chi connectivity index (χ3n) is 3.90. The summed E-state index contributed by atoms with van der Waals surface area (Å²) >= 11 is 0. The Morgan fingerprint density at radius 2 is 2.26 bits per heavy atom. The molecule has 1 amide bonds. The van der Waals surface area contributed by atoms with Crippen LogP contribution in [0.1, 0.15) is 36.8 Å². The van der Waals surface area contributed by atoms with Crippen molar-refractivity contribution in [2.24, 2.45) is 0 Å².